The van der Waals surface area contributed by atoms with Gasteiger partial charge in [-0.3, -0.25) is 25.7 Å². The smallest absolute Gasteiger partial charge is 0.387 e. The number of benzene rings is 2. The number of hydrogen-bond acceptors (Lipinski definition) is 7. The number of nitrogens with zero attached hydrogens (tertiary/aromatic N) is 3. The average molecular weight is 431 g/mol. The van der Waals surface area contributed by atoms with Crippen molar-refractivity contribution in [1.29, 1.82) is 0 Å². The van der Waals surface area contributed by atoms with Gasteiger partial charge in [0.25, 0.3) is 5.69 Å². The Labute approximate surface area is 152 Å². The maximum Gasteiger partial charge on any atom is 0.387 e. The van der Waals surface area contributed by atoms with Crippen molar-refractivity contribution in [3.05, 3.63) is 66.7 Å². The standard InChI is InChI=1S/C14H9BrF2N4O5/c15-9-1-4-13(26-14(16)17)8(5-9)7-18-19-11-3-2-10(20(22)23)6-12(11)21(24)25/h1-7,14,19H/b18-7+. The molecule has 0 aliphatic heterocycles. The Hall–Kier alpha value is -3.15. The van der Waals surface area contributed by atoms with E-state index in [-0.39, 0.29) is 17.0 Å². The fourth-order valence-corrected chi connectivity index (χ4v) is 2.25. The maximum atomic E-state index is 12.4. The zero-order valence-electron chi connectivity index (χ0n) is 12.6. The Morgan fingerprint density at radius 3 is 2.50 bits per heavy atom. The number of halogens is 3. The molecule has 2 aromatic rings. The van der Waals surface area contributed by atoms with Crippen molar-refractivity contribution in [1.82, 2.24) is 0 Å². The Morgan fingerprint density at radius 2 is 1.88 bits per heavy atom. The van der Waals surface area contributed by atoms with E-state index in [2.05, 4.69) is 31.2 Å². The highest BCUT2D eigenvalue weighted by atomic mass is 79.9. The number of anilines is 1. The van der Waals surface area contributed by atoms with E-state index >= 15 is 0 Å². The quantitative estimate of drug-likeness (QED) is 0.396. The number of hydrogen-bond donors (Lipinski definition) is 1. The first-order chi connectivity index (χ1) is 12.3. The first-order valence-corrected chi connectivity index (χ1v) is 7.53. The van der Waals surface area contributed by atoms with Gasteiger partial charge in [0.05, 0.1) is 22.1 Å². The van der Waals surface area contributed by atoms with Gasteiger partial charge in [-0.15, -0.1) is 0 Å². The molecule has 2 aromatic carbocycles. The summed E-state index contributed by atoms with van der Waals surface area (Å²) >= 11 is 3.17. The SMILES string of the molecule is O=[N+]([O-])c1ccc(N/N=C/c2cc(Br)ccc2OC(F)F)c([N+](=O)[O-])c1. The van der Waals surface area contributed by atoms with E-state index in [0.29, 0.717) is 4.47 Å². The predicted molar refractivity (Wildman–Crippen MR) is 91.7 cm³/mol. The van der Waals surface area contributed by atoms with E-state index in [1.807, 2.05) is 0 Å². The molecule has 0 amide bonds. The van der Waals surface area contributed by atoms with Crippen molar-refractivity contribution in [2.24, 2.45) is 5.10 Å². The molecule has 0 bridgehead atoms. The maximum absolute atomic E-state index is 12.4. The molecular formula is C14H9BrF2N4O5. The zero-order chi connectivity index (χ0) is 19.3. The third kappa shape index (κ3) is 4.92. The van der Waals surface area contributed by atoms with Crippen molar-refractivity contribution >= 4 is 39.2 Å². The van der Waals surface area contributed by atoms with E-state index in [1.54, 1.807) is 0 Å². The molecule has 136 valence electrons. The van der Waals surface area contributed by atoms with Gasteiger partial charge in [-0.2, -0.15) is 13.9 Å². The second-order valence-electron chi connectivity index (χ2n) is 4.65. The molecule has 0 saturated carbocycles. The molecule has 1 N–H and O–H groups in total. The number of nitro groups is 2. The van der Waals surface area contributed by atoms with Crippen LogP contribution in [0.4, 0.5) is 25.8 Å². The summed E-state index contributed by atoms with van der Waals surface area (Å²) in [7, 11) is 0. The largest absolute Gasteiger partial charge is 0.434 e. The predicted octanol–water partition coefficient (Wildman–Crippen LogP) is 4.31. The van der Waals surface area contributed by atoms with E-state index < -0.39 is 27.8 Å². The van der Waals surface area contributed by atoms with Gasteiger partial charge in [-0.25, -0.2) is 0 Å². The summed E-state index contributed by atoms with van der Waals surface area (Å²) < 4.78 is 29.7. The lowest BCUT2D eigenvalue weighted by Gasteiger charge is -2.08. The second kappa shape index (κ2) is 8.29. The summed E-state index contributed by atoms with van der Waals surface area (Å²) in [6.07, 6.45) is 1.12. The van der Waals surface area contributed by atoms with Crippen molar-refractivity contribution in [2.45, 2.75) is 6.61 Å². The number of hydrazone groups is 1. The van der Waals surface area contributed by atoms with Crippen LogP contribution < -0.4 is 10.2 Å². The number of non-ortho nitro benzene ring substituents is 1. The fourth-order valence-electron chi connectivity index (χ4n) is 1.87. The molecule has 9 nitrogen and oxygen atoms in total. The number of ether oxygens (including phenoxy) is 1. The molecule has 0 unspecified atom stereocenters. The van der Waals surface area contributed by atoms with Gasteiger partial charge in [0.15, 0.2) is 0 Å². The molecule has 0 radical (unpaired) electrons. The molecule has 0 aliphatic carbocycles. The molecule has 0 fully saturated rings. The van der Waals surface area contributed by atoms with Gasteiger partial charge >= 0.3 is 12.3 Å². The number of nitrogens with one attached hydrogen (secondary N) is 1. The third-order valence-corrected chi connectivity index (χ3v) is 3.46. The number of rotatable bonds is 7. The van der Waals surface area contributed by atoms with Crippen LogP contribution in [0.3, 0.4) is 0 Å². The van der Waals surface area contributed by atoms with Crippen molar-refractivity contribution in [3.63, 3.8) is 0 Å². The van der Waals surface area contributed by atoms with Crippen molar-refractivity contribution in [3.8, 4) is 5.75 Å². The van der Waals surface area contributed by atoms with E-state index in [0.717, 1.165) is 24.4 Å². The van der Waals surface area contributed by atoms with Gasteiger partial charge in [-0.1, -0.05) is 15.9 Å². The van der Waals surface area contributed by atoms with E-state index in [1.165, 1.54) is 18.2 Å². The Bertz CT molecular complexity index is 878. The summed E-state index contributed by atoms with van der Waals surface area (Å²) in [5.41, 5.74) is 1.41. The molecule has 2 rings (SSSR count). The minimum Gasteiger partial charge on any atom is -0.434 e. The first kappa shape index (κ1) is 19.2. The van der Waals surface area contributed by atoms with Crippen molar-refractivity contribution < 1.29 is 23.4 Å². The Kier molecular flexibility index (Phi) is 6.11. The first-order valence-electron chi connectivity index (χ1n) is 6.74. The molecular weight excluding hydrogens is 422 g/mol. The molecule has 12 heteroatoms. The van der Waals surface area contributed by atoms with E-state index in [4.69, 9.17) is 0 Å². The third-order valence-electron chi connectivity index (χ3n) is 2.97. The van der Waals surface area contributed by atoms with Crippen LogP contribution in [0.2, 0.25) is 0 Å². The molecule has 26 heavy (non-hydrogen) atoms. The Balaban J connectivity index is 2.27. The lowest BCUT2D eigenvalue weighted by molar-refractivity contribution is -0.393. The van der Waals surface area contributed by atoms with Gasteiger partial charge in [-0.05, 0) is 24.3 Å². The van der Waals surface area contributed by atoms with Crippen LogP contribution in [0.1, 0.15) is 5.56 Å². The summed E-state index contributed by atoms with van der Waals surface area (Å²) in [5, 5.41) is 25.5. The summed E-state index contributed by atoms with van der Waals surface area (Å²) in [6, 6.07) is 7.20. The molecule has 0 saturated heterocycles. The fraction of sp³-hybridized carbons (Fsp3) is 0.0714. The van der Waals surface area contributed by atoms with E-state index in [9.17, 15) is 29.0 Å². The summed E-state index contributed by atoms with van der Waals surface area (Å²) in [5.74, 6) is -0.146. The highest BCUT2D eigenvalue weighted by Gasteiger charge is 2.19. The summed E-state index contributed by atoms with van der Waals surface area (Å²) in [4.78, 5) is 20.1. The van der Waals surface area contributed by atoms with Crippen LogP contribution in [0.5, 0.6) is 5.75 Å². The lowest BCUT2D eigenvalue weighted by atomic mass is 10.2. The lowest BCUT2D eigenvalue weighted by Crippen LogP contribution is -2.04. The van der Waals surface area contributed by atoms with Crippen molar-refractivity contribution in [2.75, 3.05) is 5.43 Å². The van der Waals surface area contributed by atoms with Gasteiger partial charge in [0, 0.05) is 16.1 Å². The minimum atomic E-state index is -3.04. The molecule has 0 spiro atoms. The van der Waals surface area contributed by atoms with Gasteiger partial charge in [0.1, 0.15) is 11.4 Å². The van der Waals surface area contributed by atoms with Crippen LogP contribution in [-0.2, 0) is 0 Å². The van der Waals surface area contributed by atoms with Crippen LogP contribution in [-0.4, -0.2) is 22.7 Å². The van der Waals surface area contributed by atoms with Crippen LogP contribution in [0.15, 0.2) is 46.0 Å². The second-order valence-corrected chi connectivity index (χ2v) is 5.56. The van der Waals surface area contributed by atoms with Gasteiger partial charge in [0.2, 0.25) is 0 Å². The molecule has 0 aromatic heterocycles. The number of nitro benzene ring substituents is 2. The average Bonchev–Trinajstić information content (AvgIpc) is 2.56. The van der Waals surface area contributed by atoms with Crippen LogP contribution >= 0.6 is 15.9 Å². The van der Waals surface area contributed by atoms with Crippen LogP contribution in [0.25, 0.3) is 0 Å². The summed E-state index contributed by atoms with van der Waals surface area (Å²) in [6.45, 7) is -3.04. The normalized spacial score (nSPS) is 10.9. The Morgan fingerprint density at radius 1 is 1.15 bits per heavy atom. The zero-order valence-corrected chi connectivity index (χ0v) is 14.2. The topological polar surface area (TPSA) is 120 Å². The minimum absolute atomic E-state index is 0.108. The monoisotopic (exact) mass is 430 g/mol. The molecule has 0 aliphatic rings. The van der Waals surface area contributed by atoms with Gasteiger partial charge < -0.3 is 4.74 Å². The molecule has 0 heterocycles. The number of alkyl halides is 2. The molecule has 0 atom stereocenters. The van der Waals surface area contributed by atoms with Crippen LogP contribution in [0, 0.1) is 20.2 Å². The highest BCUT2D eigenvalue weighted by Crippen LogP contribution is 2.29. The highest BCUT2D eigenvalue weighted by molar-refractivity contribution is 9.10.